The monoisotopic (exact) mass is 649 g/mol. The Morgan fingerprint density at radius 1 is 1.07 bits per heavy atom. The van der Waals surface area contributed by atoms with Crippen LogP contribution in [0.4, 0.5) is 4.79 Å². The molecular formula is C32H48ClN5O7. The van der Waals surface area contributed by atoms with Crippen LogP contribution in [0.3, 0.4) is 0 Å². The second-order valence-corrected chi connectivity index (χ2v) is 15.1. The number of likely N-dealkylation sites (tertiary alicyclic amines) is 1. The van der Waals surface area contributed by atoms with Gasteiger partial charge in [0.1, 0.15) is 11.6 Å². The molecule has 0 spiro atoms. The number of alkyl carbamates (subject to hydrolysis) is 1. The molecule has 2 unspecified atom stereocenters. The van der Waals surface area contributed by atoms with Crippen LogP contribution in [0.5, 0.6) is 5.88 Å². The van der Waals surface area contributed by atoms with Crippen LogP contribution in [-0.2, 0) is 19.1 Å². The summed E-state index contributed by atoms with van der Waals surface area (Å²) in [6.07, 6.45) is 3.84. The van der Waals surface area contributed by atoms with Crippen molar-refractivity contribution in [3.8, 4) is 5.88 Å². The number of hydrogen-bond donors (Lipinski definition) is 4. The van der Waals surface area contributed by atoms with Gasteiger partial charge in [-0.3, -0.25) is 14.4 Å². The second-order valence-electron chi connectivity index (χ2n) is 14.6. The minimum Gasteiger partial charge on any atom is -0.453 e. The lowest BCUT2D eigenvalue weighted by Crippen LogP contribution is -2.57. The standard InChI is InChI=1S/C32H48ClN5O7/c1-31(2,3)26(37-30(43)45-32(4,5)6)29(42)38-17-19(15-24(38)44-23-13-10-20(33)16-34-23)27(40)36-22(14-18-8-7-9-18)25(39)28(41)35-21-11-12-21/h10,13,16,18-19,21-22,24-26,39H,7-9,11-12,14-15,17H2,1-6H3,(H,35,41)(H,36,40)(H,37,43)/t19-,22+,24+,25?,26?/m1/s1. The van der Waals surface area contributed by atoms with Crippen molar-refractivity contribution in [2.45, 2.75) is 123 Å². The van der Waals surface area contributed by atoms with Crippen molar-refractivity contribution >= 4 is 35.4 Å². The molecule has 2 saturated carbocycles. The van der Waals surface area contributed by atoms with E-state index in [-0.39, 0.29) is 24.9 Å². The van der Waals surface area contributed by atoms with E-state index < -0.39 is 65.2 Å². The van der Waals surface area contributed by atoms with Gasteiger partial charge in [-0.15, -0.1) is 0 Å². The van der Waals surface area contributed by atoms with Crippen LogP contribution in [0.1, 0.15) is 86.5 Å². The fourth-order valence-electron chi connectivity index (χ4n) is 5.50. The van der Waals surface area contributed by atoms with Gasteiger partial charge in [-0.05, 0) is 57.4 Å². The van der Waals surface area contributed by atoms with E-state index in [0.717, 1.165) is 32.1 Å². The quantitative estimate of drug-likeness (QED) is 0.283. The molecule has 13 heteroatoms. The van der Waals surface area contributed by atoms with Crippen molar-refractivity contribution in [3.05, 3.63) is 23.4 Å². The molecule has 12 nitrogen and oxygen atoms in total. The SMILES string of the molecule is CC(C)(C)OC(=O)NC(C(=O)N1C[C@H](C(=O)N[C@@H](CC2CCC2)C(O)C(=O)NC2CC2)C[C@@H]1Oc1ccc(Cl)cn1)C(C)(C)C. The summed E-state index contributed by atoms with van der Waals surface area (Å²) in [7, 11) is 0. The molecule has 4 N–H and O–H groups in total. The third-order valence-corrected chi connectivity index (χ3v) is 8.57. The van der Waals surface area contributed by atoms with Crippen LogP contribution >= 0.6 is 11.6 Å². The van der Waals surface area contributed by atoms with Crippen LogP contribution in [-0.4, -0.2) is 81.4 Å². The zero-order valence-electron chi connectivity index (χ0n) is 27.1. The number of amides is 4. The molecule has 0 bridgehead atoms. The van der Waals surface area contributed by atoms with E-state index in [1.807, 2.05) is 20.8 Å². The van der Waals surface area contributed by atoms with Crippen LogP contribution < -0.4 is 20.7 Å². The fraction of sp³-hybridized carbons (Fsp3) is 0.719. The molecule has 1 aromatic rings. The number of nitrogens with one attached hydrogen (secondary N) is 3. The lowest BCUT2D eigenvalue weighted by atomic mass is 9.79. The Labute approximate surface area is 270 Å². The van der Waals surface area contributed by atoms with Gasteiger partial charge >= 0.3 is 6.09 Å². The van der Waals surface area contributed by atoms with Gasteiger partial charge in [-0.2, -0.15) is 0 Å². The minimum absolute atomic E-state index is 0.00792. The molecule has 4 amide bonds. The van der Waals surface area contributed by atoms with E-state index in [2.05, 4.69) is 20.9 Å². The third kappa shape index (κ3) is 9.93. The van der Waals surface area contributed by atoms with Crippen molar-refractivity contribution in [1.29, 1.82) is 0 Å². The van der Waals surface area contributed by atoms with Crippen molar-refractivity contribution in [1.82, 2.24) is 25.8 Å². The van der Waals surface area contributed by atoms with Crippen molar-refractivity contribution in [3.63, 3.8) is 0 Å². The molecule has 1 aromatic heterocycles. The van der Waals surface area contributed by atoms with Gasteiger partial charge in [0, 0.05) is 31.3 Å². The van der Waals surface area contributed by atoms with Gasteiger partial charge in [0.25, 0.3) is 5.91 Å². The number of aromatic nitrogens is 1. The van der Waals surface area contributed by atoms with Crippen LogP contribution in [0.2, 0.25) is 5.02 Å². The van der Waals surface area contributed by atoms with Crippen LogP contribution in [0.15, 0.2) is 18.3 Å². The summed E-state index contributed by atoms with van der Waals surface area (Å²) >= 11 is 6.00. The Morgan fingerprint density at radius 3 is 2.29 bits per heavy atom. The number of hydrogen-bond acceptors (Lipinski definition) is 8. The topological polar surface area (TPSA) is 159 Å². The zero-order valence-corrected chi connectivity index (χ0v) is 27.9. The first-order valence-corrected chi connectivity index (χ1v) is 16.2. The van der Waals surface area contributed by atoms with E-state index in [0.29, 0.717) is 17.4 Å². The molecular weight excluding hydrogens is 602 g/mol. The van der Waals surface area contributed by atoms with Gasteiger partial charge in [0.15, 0.2) is 12.3 Å². The summed E-state index contributed by atoms with van der Waals surface area (Å²) in [5.74, 6) is -1.50. The molecule has 0 aromatic carbocycles. The maximum absolute atomic E-state index is 14.1. The molecule has 1 saturated heterocycles. The van der Waals surface area contributed by atoms with E-state index in [4.69, 9.17) is 21.1 Å². The van der Waals surface area contributed by atoms with E-state index in [1.54, 1.807) is 32.9 Å². The molecule has 3 aliphatic rings. The number of halogens is 1. The number of carbonyl (C=O) groups excluding carboxylic acids is 4. The second kappa shape index (κ2) is 14.1. The predicted octanol–water partition coefficient (Wildman–Crippen LogP) is 3.54. The highest BCUT2D eigenvalue weighted by molar-refractivity contribution is 6.30. The lowest BCUT2D eigenvalue weighted by Gasteiger charge is -2.35. The number of aliphatic hydroxyl groups excluding tert-OH is 1. The van der Waals surface area contributed by atoms with Crippen LogP contribution in [0, 0.1) is 17.3 Å². The number of carbonyl (C=O) groups is 4. The fourth-order valence-corrected chi connectivity index (χ4v) is 5.61. The first-order valence-electron chi connectivity index (χ1n) is 15.9. The van der Waals surface area contributed by atoms with Crippen molar-refractivity contribution < 1.29 is 33.8 Å². The number of pyridine rings is 1. The Kier molecular flexibility index (Phi) is 10.9. The summed E-state index contributed by atoms with van der Waals surface area (Å²) in [5, 5.41) is 19.9. The lowest BCUT2D eigenvalue weighted by molar-refractivity contribution is -0.142. The predicted molar refractivity (Wildman–Crippen MR) is 167 cm³/mol. The third-order valence-electron chi connectivity index (χ3n) is 8.35. The molecule has 4 rings (SSSR count). The van der Waals surface area contributed by atoms with E-state index >= 15 is 0 Å². The minimum atomic E-state index is -1.39. The number of nitrogens with zero attached hydrogens (tertiary/aromatic N) is 2. The first kappa shape index (κ1) is 34.7. The van der Waals surface area contributed by atoms with Crippen molar-refractivity contribution in [2.75, 3.05) is 6.54 Å². The normalized spacial score (nSPS) is 22.4. The molecule has 3 fully saturated rings. The summed E-state index contributed by atoms with van der Waals surface area (Å²) in [6, 6.07) is 1.49. The first-order chi connectivity index (χ1) is 21.0. The van der Waals surface area contributed by atoms with Gasteiger partial charge in [0.2, 0.25) is 17.7 Å². The highest BCUT2D eigenvalue weighted by Gasteiger charge is 2.46. The number of ether oxygens (including phenoxy) is 2. The average Bonchev–Trinajstić information content (AvgIpc) is 3.63. The van der Waals surface area contributed by atoms with Gasteiger partial charge in [-0.1, -0.05) is 51.6 Å². The van der Waals surface area contributed by atoms with E-state index in [9.17, 15) is 24.3 Å². The molecule has 1 aliphatic heterocycles. The average molecular weight is 650 g/mol. The Bertz CT molecular complexity index is 1220. The molecule has 5 atom stereocenters. The van der Waals surface area contributed by atoms with Gasteiger partial charge in [0.05, 0.1) is 17.0 Å². The largest absolute Gasteiger partial charge is 0.453 e. The summed E-state index contributed by atoms with van der Waals surface area (Å²) in [4.78, 5) is 59.0. The number of aliphatic hydroxyl groups is 1. The van der Waals surface area contributed by atoms with Crippen molar-refractivity contribution in [2.24, 2.45) is 17.3 Å². The maximum atomic E-state index is 14.1. The van der Waals surface area contributed by atoms with Gasteiger partial charge < -0.3 is 35.4 Å². The molecule has 250 valence electrons. The molecule has 2 aliphatic carbocycles. The summed E-state index contributed by atoms with van der Waals surface area (Å²) < 4.78 is 11.6. The smallest absolute Gasteiger partial charge is 0.408 e. The highest BCUT2D eigenvalue weighted by atomic mass is 35.5. The summed E-state index contributed by atoms with van der Waals surface area (Å²) in [6.45, 7) is 10.7. The van der Waals surface area contributed by atoms with Crippen LogP contribution in [0.25, 0.3) is 0 Å². The Morgan fingerprint density at radius 2 is 1.76 bits per heavy atom. The molecule has 2 heterocycles. The summed E-state index contributed by atoms with van der Waals surface area (Å²) in [5.41, 5.74) is -1.49. The van der Waals surface area contributed by atoms with E-state index in [1.165, 1.54) is 11.1 Å². The Balaban J connectivity index is 1.53. The highest BCUT2D eigenvalue weighted by Crippen LogP contribution is 2.33. The maximum Gasteiger partial charge on any atom is 0.408 e. The zero-order chi connectivity index (χ0) is 33.1. The molecule has 45 heavy (non-hydrogen) atoms. The Hall–Kier alpha value is -3.12. The van der Waals surface area contributed by atoms with Gasteiger partial charge in [-0.25, -0.2) is 9.78 Å². The molecule has 0 radical (unpaired) electrons. The number of rotatable bonds is 11.